The van der Waals surface area contributed by atoms with E-state index >= 15 is 0 Å². The molecule has 0 amide bonds. The molecule has 5 aromatic carbocycles. The van der Waals surface area contributed by atoms with E-state index in [1.165, 1.54) is 108 Å². The van der Waals surface area contributed by atoms with Crippen molar-refractivity contribution in [3.05, 3.63) is 172 Å². The quantitative estimate of drug-likeness (QED) is 0.161. The number of allylic oxidation sites excluding steroid dienone is 3. The number of rotatable bonds is 5. The summed E-state index contributed by atoms with van der Waals surface area (Å²) in [4.78, 5) is 0. The zero-order chi connectivity index (χ0) is 34.8. The van der Waals surface area contributed by atoms with Crippen LogP contribution in [0.25, 0.3) is 62.5 Å². The van der Waals surface area contributed by atoms with Crippen LogP contribution in [0, 0.1) is 13.8 Å². The molecule has 2 unspecified atom stereocenters. The number of para-hydroxylation sites is 1. The summed E-state index contributed by atoms with van der Waals surface area (Å²) < 4.78 is 5.06. The van der Waals surface area contributed by atoms with Crippen molar-refractivity contribution >= 4 is 40.0 Å². The van der Waals surface area contributed by atoms with Crippen LogP contribution in [0.4, 0.5) is 0 Å². The van der Waals surface area contributed by atoms with Gasteiger partial charge in [0.05, 0.1) is 11.0 Å². The summed E-state index contributed by atoms with van der Waals surface area (Å²) in [6.07, 6.45) is 21.5. The molecule has 3 aliphatic rings. The molecule has 2 atom stereocenters. The lowest BCUT2D eigenvalue weighted by atomic mass is 9.87. The van der Waals surface area contributed by atoms with Gasteiger partial charge in [0.15, 0.2) is 0 Å². The van der Waals surface area contributed by atoms with Gasteiger partial charge in [0.25, 0.3) is 0 Å². The van der Waals surface area contributed by atoms with Crippen molar-refractivity contribution < 1.29 is 0 Å². The van der Waals surface area contributed by atoms with Crippen LogP contribution in [0.2, 0.25) is 0 Å². The van der Waals surface area contributed by atoms with Gasteiger partial charge in [-0.05, 0) is 128 Å². The lowest BCUT2D eigenvalue weighted by Crippen LogP contribution is -2.32. The van der Waals surface area contributed by atoms with Gasteiger partial charge in [-0.2, -0.15) is 0 Å². The lowest BCUT2D eigenvalue weighted by Gasteiger charge is -2.21. The first-order chi connectivity index (χ1) is 25.6. The third-order valence-corrected chi connectivity index (χ3v) is 11.7. The molecule has 2 heterocycles. The van der Waals surface area contributed by atoms with Gasteiger partial charge >= 0.3 is 0 Å². The fraction of sp³-hybridized carbons (Fsp3) is 0.200. The van der Waals surface area contributed by atoms with Gasteiger partial charge in [-0.1, -0.05) is 103 Å². The third kappa shape index (κ3) is 5.23. The maximum Gasteiger partial charge on any atom is 0.0541 e. The molecule has 3 aliphatic carbocycles. The first kappa shape index (κ1) is 31.2. The van der Waals surface area contributed by atoms with E-state index in [0.717, 1.165) is 19.3 Å². The molecular weight excluding hydrogens is 629 g/mol. The number of hydrogen-bond acceptors (Lipinski definition) is 0. The largest absolute Gasteiger partial charge is 0.313 e. The zero-order valence-electron chi connectivity index (χ0n) is 30.1. The Labute approximate surface area is 306 Å². The van der Waals surface area contributed by atoms with Crippen molar-refractivity contribution in [1.82, 2.24) is 9.13 Å². The Morgan fingerprint density at radius 1 is 0.615 bits per heavy atom. The Kier molecular flexibility index (Phi) is 7.53. The Morgan fingerprint density at radius 3 is 2.27 bits per heavy atom. The van der Waals surface area contributed by atoms with E-state index in [0.29, 0.717) is 11.8 Å². The Morgan fingerprint density at radius 2 is 1.42 bits per heavy atom. The van der Waals surface area contributed by atoms with Crippen LogP contribution in [0.1, 0.15) is 77.5 Å². The van der Waals surface area contributed by atoms with E-state index in [9.17, 15) is 0 Å². The summed E-state index contributed by atoms with van der Waals surface area (Å²) in [5, 5.41) is 5.39. The Hall–Kier alpha value is -5.60. The molecule has 52 heavy (non-hydrogen) atoms. The van der Waals surface area contributed by atoms with E-state index < -0.39 is 0 Å². The van der Waals surface area contributed by atoms with Gasteiger partial charge in [-0.25, -0.2) is 0 Å². The van der Waals surface area contributed by atoms with E-state index in [1.807, 2.05) is 0 Å². The summed E-state index contributed by atoms with van der Waals surface area (Å²) in [6, 6.07) is 41.3. The maximum absolute atomic E-state index is 2.62. The van der Waals surface area contributed by atoms with Crippen LogP contribution < -0.4 is 10.6 Å². The second-order valence-electron chi connectivity index (χ2n) is 15.3. The van der Waals surface area contributed by atoms with Crippen molar-refractivity contribution in [3.63, 3.8) is 0 Å². The predicted octanol–water partition coefficient (Wildman–Crippen LogP) is 11.4. The normalized spacial score (nSPS) is 17.9. The zero-order valence-corrected chi connectivity index (χ0v) is 30.1. The second kappa shape index (κ2) is 12.6. The molecule has 0 fully saturated rings. The molecule has 0 bridgehead atoms. The Balaban J connectivity index is 1.12. The number of nitrogens with zero attached hydrogens (tertiary/aromatic N) is 2. The molecule has 2 aromatic heterocycles. The highest BCUT2D eigenvalue weighted by Gasteiger charge is 2.23. The molecule has 0 N–H and O–H groups in total. The van der Waals surface area contributed by atoms with Crippen molar-refractivity contribution in [2.75, 3.05) is 0 Å². The van der Waals surface area contributed by atoms with Crippen LogP contribution in [-0.2, 0) is 6.42 Å². The molecular formula is C50H44N2. The Bertz CT molecular complexity index is 2690. The van der Waals surface area contributed by atoms with Crippen LogP contribution in [0.5, 0.6) is 0 Å². The minimum Gasteiger partial charge on any atom is -0.313 e. The summed E-state index contributed by atoms with van der Waals surface area (Å²) in [6.45, 7) is 4.39. The van der Waals surface area contributed by atoms with Crippen LogP contribution >= 0.6 is 0 Å². The number of fused-ring (bicyclic) bond motifs is 6. The molecule has 7 aromatic rings. The average Bonchev–Trinajstić information content (AvgIpc) is 3.70. The number of aromatic nitrogens is 2. The van der Waals surface area contributed by atoms with Crippen molar-refractivity contribution in [2.24, 2.45) is 0 Å². The summed E-state index contributed by atoms with van der Waals surface area (Å²) in [5.74, 6) is 0.781. The van der Waals surface area contributed by atoms with Crippen LogP contribution in [0.3, 0.4) is 0 Å². The van der Waals surface area contributed by atoms with Gasteiger partial charge in [-0.3, -0.25) is 0 Å². The standard InChI is InChI=1S/C50H44N2/c1-33-25-34(2)27-41(26-33)51-47-19-11-9-17-43(47)45-31-37(21-23-49(45)51)38-22-24-50-46(32-38)44-18-10-12-20-48(44)52(50)42-29-39(35-13-5-3-6-14-35)28-40(30-42)36-15-7-4-8-16-36/h3,5-7,9-11,13-15,17-19,21,23-32,36,38H,4,8,12,16,20,22H2,1-2H3. The molecule has 10 rings (SSSR count). The van der Waals surface area contributed by atoms with Gasteiger partial charge in [0.1, 0.15) is 0 Å². The molecule has 2 nitrogen and oxygen atoms in total. The van der Waals surface area contributed by atoms with Gasteiger partial charge in [-0.15, -0.1) is 0 Å². The number of aryl methyl sites for hydroxylation is 2. The molecule has 0 saturated carbocycles. The molecule has 0 aliphatic heterocycles. The van der Waals surface area contributed by atoms with Crippen molar-refractivity contribution in [1.29, 1.82) is 0 Å². The molecule has 2 heteroatoms. The molecule has 254 valence electrons. The SMILES string of the molecule is Cc1cc(C)cc(-n2c3ccccc3c3cc(C4C=c5c6c(n(-c7cc(-c8ccccc8)cc(C8C=CCCC8)c7)c5=CC4)CCC=C6)ccc32)c1. The maximum atomic E-state index is 2.62. The van der Waals surface area contributed by atoms with Crippen LogP contribution in [-0.4, -0.2) is 9.13 Å². The number of benzene rings is 5. The van der Waals surface area contributed by atoms with Gasteiger partial charge in [0, 0.05) is 55.8 Å². The lowest BCUT2D eigenvalue weighted by molar-refractivity contribution is 0.654. The van der Waals surface area contributed by atoms with E-state index in [-0.39, 0.29) is 0 Å². The highest BCUT2D eigenvalue weighted by Crippen LogP contribution is 2.37. The highest BCUT2D eigenvalue weighted by molar-refractivity contribution is 6.09. The average molecular weight is 673 g/mol. The second-order valence-corrected chi connectivity index (χ2v) is 15.3. The van der Waals surface area contributed by atoms with Crippen molar-refractivity contribution in [3.8, 4) is 22.5 Å². The predicted molar refractivity (Wildman–Crippen MR) is 220 cm³/mol. The smallest absolute Gasteiger partial charge is 0.0541 e. The summed E-state index contributed by atoms with van der Waals surface area (Å²) in [7, 11) is 0. The van der Waals surface area contributed by atoms with E-state index in [4.69, 9.17) is 0 Å². The minimum absolute atomic E-state index is 0.314. The molecule has 0 spiro atoms. The van der Waals surface area contributed by atoms with Gasteiger partial charge < -0.3 is 9.13 Å². The van der Waals surface area contributed by atoms with Gasteiger partial charge in [0.2, 0.25) is 0 Å². The first-order valence-electron chi connectivity index (χ1n) is 19.2. The third-order valence-electron chi connectivity index (χ3n) is 11.7. The molecule has 0 saturated heterocycles. The van der Waals surface area contributed by atoms with Crippen molar-refractivity contribution in [2.45, 2.75) is 64.2 Å². The van der Waals surface area contributed by atoms with E-state index in [2.05, 4.69) is 169 Å². The number of hydrogen-bond donors (Lipinski definition) is 0. The van der Waals surface area contributed by atoms with Crippen LogP contribution in [0.15, 0.2) is 127 Å². The highest BCUT2D eigenvalue weighted by atomic mass is 15.0. The molecule has 0 radical (unpaired) electrons. The topological polar surface area (TPSA) is 9.86 Å². The van der Waals surface area contributed by atoms with E-state index in [1.54, 1.807) is 0 Å². The fourth-order valence-corrected chi connectivity index (χ4v) is 9.39. The minimum atomic E-state index is 0.314. The first-order valence-corrected chi connectivity index (χ1v) is 19.2. The summed E-state index contributed by atoms with van der Waals surface area (Å²) >= 11 is 0. The fourth-order valence-electron chi connectivity index (χ4n) is 9.39. The monoisotopic (exact) mass is 672 g/mol. The summed E-state index contributed by atoms with van der Waals surface area (Å²) in [5.41, 5.74) is 15.9.